The number of likely N-dealkylation sites (tertiary alicyclic amines) is 1. The summed E-state index contributed by atoms with van der Waals surface area (Å²) in [4.78, 5) is 13.3. The van der Waals surface area contributed by atoms with E-state index in [9.17, 15) is 9.90 Å². The van der Waals surface area contributed by atoms with Crippen LogP contribution in [0.2, 0.25) is 0 Å². The first-order valence-corrected chi connectivity index (χ1v) is 5.45. The molecule has 1 fully saturated rings. The van der Waals surface area contributed by atoms with Gasteiger partial charge in [-0.05, 0) is 19.8 Å². The lowest BCUT2D eigenvalue weighted by Gasteiger charge is -2.28. The molecular formula is C10H18N2O4. The number of piperidine rings is 1. The summed E-state index contributed by atoms with van der Waals surface area (Å²) in [6.45, 7) is 3.61. The molecule has 0 atom stereocenters. The lowest BCUT2D eigenvalue weighted by atomic mass is 10.1. The number of aliphatic hydroxyl groups excluding tert-OH is 1. The van der Waals surface area contributed by atoms with Crippen LogP contribution in [-0.4, -0.2) is 59.2 Å². The number of carbonyl (C=O) groups excluding carboxylic acids is 1. The first-order chi connectivity index (χ1) is 7.67. The van der Waals surface area contributed by atoms with Crippen molar-refractivity contribution in [2.24, 2.45) is 5.16 Å². The van der Waals surface area contributed by atoms with Gasteiger partial charge < -0.3 is 15.1 Å². The van der Waals surface area contributed by atoms with Crippen molar-refractivity contribution in [2.45, 2.75) is 25.9 Å². The van der Waals surface area contributed by atoms with E-state index in [4.69, 9.17) is 9.94 Å². The predicted octanol–water partition coefficient (Wildman–Crippen LogP) is -0.164. The maximum atomic E-state index is 11.3. The topological polar surface area (TPSA) is 82.4 Å². The minimum Gasteiger partial charge on any atom is -0.461 e. The standard InChI is InChI=1S/C10H18N2O4/c1-2-16-10(14)9(11-15)7-12-5-3-8(13)4-6-12/h8,13,15H,2-7H2,1H3/b11-9-. The molecule has 0 radical (unpaired) electrons. The lowest BCUT2D eigenvalue weighted by molar-refractivity contribution is -0.135. The molecule has 0 aromatic carbocycles. The van der Waals surface area contributed by atoms with Crippen molar-refractivity contribution in [3.05, 3.63) is 0 Å². The van der Waals surface area contributed by atoms with Crippen molar-refractivity contribution in [1.29, 1.82) is 0 Å². The number of hydrogen-bond donors (Lipinski definition) is 2. The molecule has 1 heterocycles. The number of hydrogen-bond acceptors (Lipinski definition) is 6. The van der Waals surface area contributed by atoms with Gasteiger partial charge in [-0.1, -0.05) is 5.16 Å². The molecule has 0 aliphatic carbocycles. The average molecular weight is 230 g/mol. The summed E-state index contributed by atoms with van der Waals surface area (Å²) in [6.07, 6.45) is 1.11. The zero-order valence-electron chi connectivity index (χ0n) is 9.43. The van der Waals surface area contributed by atoms with Crippen molar-refractivity contribution < 1.29 is 19.8 Å². The molecule has 92 valence electrons. The summed E-state index contributed by atoms with van der Waals surface area (Å²) in [5.41, 5.74) is 0.0123. The van der Waals surface area contributed by atoms with Gasteiger partial charge in [0.1, 0.15) is 0 Å². The molecule has 0 unspecified atom stereocenters. The highest BCUT2D eigenvalue weighted by atomic mass is 16.5. The van der Waals surface area contributed by atoms with Gasteiger partial charge in [0, 0.05) is 13.1 Å². The summed E-state index contributed by atoms with van der Waals surface area (Å²) >= 11 is 0. The van der Waals surface area contributed by atoms with Crippen LogP contribution in [-0.2, 0) is 9.53 Å². The van der Waals surface area contributed by atoms with E-state index < -0.39 is 5.97 Å². The minimum atomic E-state index is -0.587. The van der Waals surface area contributed by atoms with E-state index in [-0.39, 0.29) is 25.0 Å². The van der Waals surface area contributed by atoms with Gasteiger partial charge in [-0.3, -0.25) is 4.90 Å². The highest BCUT2D eigenvalue weighted by Gasteiger charge is 2.22. The number of oxime groups is 1. The molecule has 2 N–H and O–H groups in total. The van der Waals surface area contributed by atoms with E-state index >= 15 is 0 Å². The fourth-order valence-electron chi connectivity index (χ4n) is 1.64. The second-order valence-electron chi connectivity index (χ2n) is 3.77. The molecule has 6 nitrogen and oxygen atoms in total. The fraction of sp³-hybridized carbons (Fsp3) is 0.800. The normalized spacial score (nSPS) is 19.8. The van der Waals surface area contributed by atoms with Crippen LogP contribution in [0, 0.1) is 0 Å². The number of nitrogens with zero attached hydrogens (tertiary/aromatic N) is 2. The second-order valence-corrected chi connectivity index (χ2v) is 3.77. The number of rotatable bonds is 4. The van der Waals surface area contributed by atoms with Crippen LogP contribution >= 0.6 is 0 Å². The van der Waals surface area contributed by atoms with Crippen molar-refractivity contribution in [1.82, 2.24) is 4.90 Å². The van der Waals surface area contributed by atoms with Crippen molar-refractivity contribution in [3.8, 4) is 0 Å². The summed E-state index contributed by atoms with van der Waals surface area (Å²) in [5.74, 6) is -0.587. The fourth-order valence-corrected chi connectivity index (χ4v) is 1.64. The van der Waals surface area contributed by atoms with E-state index in [1.165, 1.54) is 0 Å². The predicted molar refractivity (Wildman–Crippen MR) is 57.5 cm³/mol. The lowest BCUT2D eigenvalue weighted by Crippen LogP contribution is -2.41. The molecule has 1 aliphatic heterocycles. The van der Waals surface area contributed by atoms with Gasteiger partial charge in [-0.25, -0.2) is 4.79 Å². The van der Waals surface area contributed by atoms with Crippen LogP contribution < -0.4 is 0 Å². The molecule has 6 heteroatoms. The summed E-state index contributed by atoms with van der Waals surface area (Å²) < 4.78 is 4.75. The largest absolute Gasteiger partial charge is 0.461 e. The third-order valence-corrected chi connectivity index (χ3v) is 2.56. The zero-order chi connectivity index (χ0) is 12.0. The molecule has 0 aromatic heterocycles. The molecule has 1 rings (SSSR count). The molecule has 0 amide bonds. The number of esters is 1. The van der Waals surface area contributed by atoms with Gasteiger partial charge >= 0.3 is 5.97 Å². The van der Waals surface area contributed by atoms with Gasteiger partial charge in [-0.15, -0.1) is 0 Å². The molecule has 0 aromatic rings. The van der Waals surface area contributed by atoms with Gasteiger partial charge in [-0.2, -0.15) is 0 Å². The van der Waals surface area contributed by atoms with Crippen LogP contribution in [0.5, 0.6) is 0 Å². The summed E-state index contributed by atoms with van der Waals surface area (Å²) in [5, 5.41) is 21.0. The molecule has 0 saturated carbocycles. The molecule has 0 bridgehead atoms. The maximum Gasteiger partial charge on any atom is 0.357 e. The Morgan fingerprint density at radius 1 is 1.50 bits per heavy atom. The number of carbonyl (C=O) groups is 1. The Balaban J connectivity index is 2.42. The first kappa shape index (κ1) is 12.9. The highest BCUT2D eigenvalue weighted by Crippen LogP contribution is 2.09. The summed E-state index contributed by atoms with van der Waals surface area (Å²) in [6, 6.07) is 0. The first-order valence-electron chi connectivity index (χ1n) is 5.45. The molecule has 16 heavy (non-hydrogen) atoms. The van der Waals surface area contributed by atoms with Crippen molar-refractivity contribution >= 4 is 11.7 Å². The Morgan fingerprint density at radius 2 is 2.12 bits per heavy atom. The molecule has 1 aliphatic rings. The summed E-state index contributed by atoms with van der Waals surface area (Å²) in [7, 11) is 0. The smallest absolute Gasteiger partial charge is 0.357 e. The zero-order valence-corrected chi connectivity index (χ0v) is 9.43. The third kappa shape index (κ3) is 3.79. The quantitative estimate of drug-likeness (QED) is 0.303. The van der Waals surface area contributed by atoms with Gasteiger partial charge in [0.2, 0.25) is 0 Å². The SMILES string of the molecule is CCOC(=O)/C(CN1CCC(O)CC1)=N\O. The van der Waals surface area contributed by atoms with E-state index in [0.717, 1.165) is 0 Å². The van der Waals surface area contributed by atoms with E-state index in [1.807, 2.05) is 4.90 Å². The van der Waals surface area contributed by atoms with Crippen LogP contribution in [0.25, 0.3) is 0 Å². The van der Waals surface area contributed by atoms with Crippen LogP contribution in [0.15, 0.2) is 5.16 Å². The van der Waals surface area contributed by atoms with Crippen molar-refractivity contribution in [2.75, 3.05) is 26.2 Å². The number of aliphatic hydroxyl groups is 1. The van der Waals surface area contributed by atoms with Gasteiger partial charge in [0.15, 0.2) is 5.71 Å². The van der Waals surface area contributed by atoms with E-state index in [2.05, 4.69) is 5.16 Å². The Labute approximate surface area is 94.5 Å². The van der Waals surface area contributed by atoms with Gasteiger partial charge in [0.25, 0.3) is 0 Å². The Hall–Kier alpha value is -1.14. The maximum absolute atomic E-state index is 11.3. The highest BCUT2D eigenvalue weighted by molar-refractivity contribution is 6.37. The molecular weight excluding hydrogens is 212 g/mol. The Morgan fingerprint density at radius 3 is 2.62 bits per heavy atom. The average Bonchev–Trinajstić information content (AvgIpc) is 2.28. The molecule has 1 saturated heterocycles. The van der Waals surface area contributed by atoms with Crippen LogP contribution in [0.1, 0.15) is 19.8 Å². The van der Waals surface area contributed by atoms with Crippen LogP contribution in [0.3, 0.4) is 0 Å². The van der Waals surface area contributed by atoms with E-state index in [1.54, 1.807) is 6.92 Å². The van der Waals surface area contributed by atoms with Crippen LogP contribution in [0.4, 0.5) is 0 Å². The monoisotopic (exact) mass is 230 g/mol. The van der Waals surface area contributed by atoms with Crippen molar-refractivity contribution in [3.63, 3.8) is 0 Å². The Bertz CT molecular complexity index is 260. The number of ether oxygens (including phenoxy) is 1. The van der Waals surface area contributed by atoms with Gasteiger partial charge in [0.05, 0.1) is 19.3 Å². The molecule has 0 spiro atoms. The third-order valence-electron chi connectivity index (χ3n) is 2.56. The second kappa shape index (κ2) is 6.44. The van der Waals surface area contributed by atoms with E-state index in [0.29, 0.717) is 25.9 Å². The Kier molecular flexibility index (Phi) is 5.21. The minimum absolute atomic E-state index is 0.0123.